The summed E-state index contributed by atoms with van der Waals surface area (Å²) in [4.78, 5) is 12.3. The maximum atomic E-state index is 12.3. The molecule has 4 heteroatoms. The predicted molar refractivity (Wildman–Crippen MR) is 71.5 cm³/mol. The SMILES string of the molecule is Cc1nn(C)cc1C(=O)c1ccc(OC2CC2)cc1. The number of benzene rings is 1. The molecular formula is C15H16N2O2. The third-order valence-corrected chi connectivity index (χ3v) is 3.20. The number of ketones is 1. The molecular weight excluding hydrogens is 240 g/mol. The molecule has 2 aromatic rings. The van der Waals surface area contributed by atoms with Crippen LogP contribution in [0.5, 0.6) is 5.75 Å². The molecule has 0 unspecified atom stereocenters. The van der Waals surface area contributed by atoms with Gasteiger partial charge in [-0.1, -0.05) is 0 Å². The number of ether oxygens (including phenoxy) is 1. The minimum absolute atomic E-state index is 0.00331. The molecule has 4 nitrogen and oxygen atoms in total. The Hall–Kier alpha value is -2.10. The van der Waals surface area contributed by atoms with Crippen molar-refractivity contribution in [2.24, 2.45) is 7.05 Å². The Bertz CT molecular complexity index is 610. The maximum absolute atomic E-state index is 12.3. The Balaban J connectivity index is 1.81. The van der Waals surface area contributed by atoms with Crippen LogP contribution in [-0.2, 0) is 7.05 Å². The van der Waals surface area contributed by atoms with Crippen LogP contribution < -0.4 is 4.74 Å². The molecule has 1 saturated carbocycles. The predicted octanol–water partition coefficient (Wildman–Crippen LogP) is 2.50. The summed E-state index contributed by atoms with van der Waals surface area (Å²) in [5.74, 6) is 0.838. The molecule has 0 bridgehead atoms. The van der Waals surface area contributed by atoms with E-state index < -0.39 is 0 Å². The topological polar surface area (TPSA) is 44.1 Å². The number of hydrogen-bond donors (Lipinski definition) is 0. The van der Waals surface area contributed by atoms with E-state index in [1.54, 1.807) is 10.9 Å². The van der Waals surface area contributed by atoms with Gasteiger partial charge < -0.3 is 4.74 Å². The van der Waals surface area contributed by atoms with Crippen LogP contribution in [0.3, 0.4) is 0 Å². The fraction of sp³-hybridized carbons (Fsp3) is 0.333. The van der Waals surface area contributed by atoms with Gasteiger partial charge in [0.15, 0.2) is 5.78 Å². The highest BCUT2D eigenvalue weighted by Gasteiger charge is 2.23. The quantitative estimate of drug-likeness (QED) is 0.789. The first-order chi connectivity index (χ1) is 9.13. The second kappa shape index (κ2) is 4.53. The molecule has 0 amide bonds. The standard InChI is InChI=1S/C15H16N2O2/c1-10-14(9-17(2)16-10)15(18)11-3-5-12(6-4-11)19-13-7-8-13/h3-6,9,13H,7-8H2,1-2H3. The fourth-order valence-corrected chi connectivity index (χ4v) is 2.04. The Morgan fingerprint density at radius 2 is 2.00 bits per heavy atom. The summed E-state index contributed by atoms with van der Waals surface area (Å²) >= 11 is 0. The van der Waals surface area contributed by atoms with Gasteiger partial charge >= 0.3 is 0 Å². The van der Waals surface area contributed by atoms with Crippen molar-refractivity contribution in [2.75, 3.05) is 0 Å². The lowest BCUT2D eigenvalue weighted by Gasteiger charge is -2.05. The number of carbonyl (C=O) groups excluding carboxylic acids is 1. The van der Waals surface area contributed by atoms with Gasteiger partial charge in [0, 0.05) is 18.8 Å². The Labute approximate surface area is 112 Å². The molecule has 1 aliphatic carbocycles. The van der Waals surface area contributed by atoms with Crippen molar-refractivity contribution in [3.8, 4) is 5.75 Å². The molecule has 1 aliphatic rings. The Morgan fingerprint density at radius 1 is 1.32 bits per heavy atom. The number of nitrogens with zero attached hydrogens (tertiary/aromatic N) is 2. The van der Waals surface area contributed by atoms with E-state index in [9.17, 15) is 4.79 Å². The van der Waals surface area contributed by atoms with Gasteiger partial charge in [-0.05, 0) is 44.0 Å². The summed E-state index contributed by atoms with van der Waals surface area (Å²) in [5.41, 5.74) is 2.07. The molecule has 0 N–H and O–H groups in total. The van der Waals surface area contributed by atoms with E-state index in [2.05, 4.69) is 5.10 Å². The summed E-state index contributed by atoms with van der Waals surface area (Å²) in [5, 5.41) is 4.19. The van der Waals surface area contributed by atoms with Crippen molar-refractivity contribution in [2.45, 2.75) is 25.9 Å². The Morgan fingerprint density at radius 3 is 2.53 bits per heavy atom. The molecule has 0 radical (unpaired) electrons. The van der Waals surface area contributed by atoms with Gasteiger partial charge in [-0.2, -0.15) is 5.10 Å². The van der Waals surface area contributed by atoms with Crippen LogP contribution >= 0.6 is 0 Å². The molecule has 1 aromatic heterocycles. The van der Waals surface area contributed by atoms with Gasteiger partial charge in [0.1, 0.15) is 5.75 Å². The molecule has 98 valence electrons. The van der Waals surface area contributed by atoms with Crippen LogP contribution in [0.4, 0.5) is 0 Å². The highest BCUT2D eigenvalue weighted by molar-refractivity contribution is 6.09. The monoisotopic (exact) mass is 256 g/mol. The molecule has 3 rings (SSSR count). The number of aryl methyl sites for hydroxylation is 2. The first-order valence-electron chi connectivity index (χ1n) is 6.45. The van der Waals surface area contributed by atoms with Crippen molar-refractivity contribution in [3.05, 3.63) is 47.3 Å². The van der Waals surface area contributed by atoms with Crippen LogP contribution in [0, 0.1) is 6.92 Å². The van der Waals surface area contributed by atoms with E-state index in [-0.39, 0.29) is 5.78 Å². The number of hydrogen-bond acceptors (Lipinski definition) is 3. The van der Waals surface area contributed by atoms with Crippen LogP contribution in [0.2, 0.25) is 0 Å². The zero-order chi connectivity index (χ0) is 13.4. The van der Waals surface area contributed by atoms with Crippen LogP contribution in [0.15, 0.2) is 30.5 Å². The second-order valence-corrected chi connectivity index (χ2v) is 4.97. The van der Waals surface area contributed by atoms with E-state index >= 15 is 0 Å². The van der Waals surface area contributed by atoms with Gasteiger partial charge in [0.25, 0.3) is 0 Å². The number of carbonyl (C=O) groups is 1. The van der Waals surface area contributed by atoms with Gasteiger partial charge in [-0.25, -0.2) is 0 Å². The molecule has 19 heavy (non-hydrogen) atoms. The molecule has 1 fully saturated rings. The first kappa shape index (κ1) is 12.0. The summed E-state index contributed by atoms with van der Waals surface area (Å²) in [6.07, 6.45) is 4.40. The molecule has 0 saturated heterocycles. The zero-order valence-electron chi connectivity index (χ0n) is 11.1. The normalized spacial score (nSPS) is 14.4. The average Bonchev–Trinajstić information content (AvgIpc) is 3.13. The molecule has 1 heterocycles. The third-order valence-electron chi connectivity index (χ3n) is 3.20. The minimum Gasteiger partial charge on any atom is -0.490 e. The van der Waals surface area contributed by atoms with Crippen molar-refractivity contribution < 1.29 is 9.53 Å². The molecule has 1 aromatic carbocycles. The van der Waals surface area contributed by atoms with Crippen molar-refractivity contribution >= 4 is 5.78 Å². The maximum Gasteiger partial charge on any atom is 0.196 e. The average molecular weight is 256 g/mol. The van der Waals surface area contributed by atoms with Crippen LogP contribution in [0.25, 0.3) is 0 Å². The first-order valence-corrected chi connectivity index (χ1v) is 6.45. The van der Waals surface area contributed by atoms with E-state index in [4.69, 9.17) is 4.74 Å². The summed E-state index contributed by atoms with van der Waals surface area (Å²) in [6, 6.07) is 7.34. The van der Waals surface area contributed by atoms with E-state index in [0.717, 1.165) is 24.3 Å². The third kappa shape index (κ3) is 2.52. The summed E-state index contributed by atoms with van der Waals surface area (Å²) < 4.78 is 7.33. The molecule has 0 aliphatic heterocycles. The number of rotatable bonds is 4. The van der Waals surface area contributed by atoms with E-state index in [0.29, 0.717) is 17.2 Å². The van der Waals surface area contributed by atoms with Crippen molar-refractivity contribution in [1.29, 1.82) is 0 Å². The smallest absolute Gasteiger partial charge is 0.196 e. The zero-order valence-corrected chi connectivity index (χ0v) is 11.1. The molecule has 0 spiro atoms. The highest BCUT2D eigenvalue weighted by Crippen LogP contribution is 2.27. The number of aromatic nitrogens is 2. The summed E-state index contributed by atoms with van der Waals surface area (Å²) in [7, 11) is 1.82. The second-order valence-electron chi connectivity index (χ2n) is 4.97. The van der Waals surface area contributed by atoms with Gasteiger partial charge in [0.05, 0.1) is 17.4 Å². The summed E-state index contributed by atoms with van der Waals surface area (Å²) in [6.45, 7) is 1.85. The Kier molecular flexibility index (Phi) is 2.85. The van der Waals surface area contributed by atoms with Crippen molar-refractivity contribution in [3.63, 3.8) is 0 Å². The van der Waals surface area contributed by atoms with Crippen LogP contribution in [0.1, 0.15) is 34.5 Å². The minimum atomic E-state index is 0.00331. The van der Waals surface area contributed by atoms with Gasteiger partial charge in [-0.3, -0.25) is 9.48 Å². The molecule has 0 atom stereocenters. The largest absolute Gasteiger partial charge is 0.490 e. The van der Waals surface area contributed by atoms with Crippen LogP contribution in [-0.4, -0.2) is 21.7 Å². The fourth-order valence-electron chi connectivity index (χ4n) is 2.04. The lowest BCUT2D eigenvalue weighted by molar-refractivity contribution is 0.103. The highest BCUT2D eigenvalue weighted by atomic mass is 16.5. The lowest BCUT2D eigenvalue weighted by atomic mass is 10.0. The van der Waals surface area contributed by atoms with Gasteiger partial charge in [0.2, 0.25) is 0 Å². The van der Waals surface area contributed by atoms with Gasteiger partial charge in [-0.15, -0.1) is 0 Å². The van der Waals surface area contributed by atoms with E-state index in [1.807, 2.05) is 38.2 Å². The van der Waals surface area contributed by atoms with Crippen molar-refractivity contribution in [1.82, 2.24) is 9.78 Å². The van der Waals surface area contributed by atoms with E-state index in [1.165, 1.54) is 0 Å². The lowest BCUT2D eigenvalue weighted by Crippen LogP contribution is -2.02.